The van der Waals surface area contributed by atoms with Crippen LogP contribution in [-0.4, -0.2) is 41.8 Å². The number of benzene rings is 1. The maximum atomic E-state index is 13.3. The van der Waals surface area contributed by atoms with Crippen LogP contribution in [0, 0.1) is 5.92 Å². The molecule has 0 bridgehead atoms. The van der Waals surface area contributed by atoms with Crippen molar-refractivity contribution < 1.29 is 18.3 Å². The number of amides is 1. The van der Waals surface area contributed by atoms with Gasteiger partial charge in [0, 0.05) is 36.5 Å². The van der Waals surface area contributed by atoms with E-state index in [0.29, 0.717) is 37.0 Å². The number of nitrogens with one attached hydrogen (secondary N) is 1. The van der Waals surface area contributed by atoms with Crippen LogP contribution in [0.1, 0.15) is 38.7 Å². The highest BCUT2D eigenvalue weighted by Gasteiger charge is 2.23. The van der Waals surface area contributed by atoms with Crippen LogP contribution in [0.15, 0.2) is 36.5 Å². The molecule has 0 spiro atoms. The van der Waals surface area contributed by atoms with Crippen molar-refractivity contribution in [2.24, 2.45) is 5.92 Å². The Morgan fingerprint density at radius 3 is 2.66 bits per heavy atom. The number of ether oxygens (including phenoxy) is 1. The number of halogens is 2. The molecule has 0 aliphatic carbocycles. The Morgan fingerprint density at radius 2 is 1.97 bits per heavy atom. The summed E-state index contributed by atoms with van der Waals surface area (Å²) in [6.45, 7) is 5.77. The average molecular weight is 404 g/mol. The first kappa shape index (κ1) is 21.0. The molecule has 29 heavy (non-hydrogen) atoms. The van der Waals surface area contributed by atoms with Gasteiger partial charge < -0.3 is 15.0 Å². The molecule has 1 aliphatic heterocycles. The predicted molar refractivity (Wildman–Crippen MR) is 107 cm³/mol. The molecule has 1 N–H and O–H groups in total. The molecular weight excluding hydrogens is 378 g/mol. The first-order valence-corrected chi connectivity index (χ1v) is 9.82. The fourth-order valence-electron chi connectivity index (χ4n) is 3.25. The third-order valence-electron chi connectivity index (χ3n) is 4.77. The van der Waals surface area contributed by atoms with Crippen molar-refractivity contribution in [3.8, 4) is 11.4 Å². The monoisotopic (exact) mass is 404 g/mol. The normalized spacial score (nSPS) is 15.0. The summed E-state index contributed by atoms with van der Waals surface area (Å²) >= 11 is 0. The van der Waals surface area contributed by atoms with Crippen molar-refractivity contribution in [1.82, 2.24) is 15.3 Å². The molecule has 156 valence electrons. The van der Waals surface area contributed by atoms with E-state index in [1.54, 1.807) is 30.5 Å². The maximum absolute atomic E-state index is 13.3. The molecule has 3 rings (SSSR count). The molecule has 1 aromatic heterocycles. The summed E-state index contributed by atoms with van der Waals surface area (Å²) in [4.78, 5) is 22.6. The van der Waals surface area contributed by atoms with Crippen molar-refractivity contribution >= 4 is 11.9 Å². The van der Waals surface area contributed by atoms with Crippen LogP contribution in [0.25, 0.3) is 11.4 Å². The lowest BCUT2D eigenvalue weighted by Gasteiger charge is -2.33. The second kappa shape index (κ2) is 9.62. The van der Waals surface area contributed by atoms with Gasteiger partial charge in [0.1, 0.15) is 5.82 Å². The van der Waals surface area contributed by atoms with Gasteiger partial charge in [0.2, 0.25) is 0 Å². The summed E-state index contributed by atoms with van der Waals surface area (Å²) in [6, 6.07) is 8.11. The zero-order valence-corrected chi connectivity index (χ0v) is 16.6. The number of alkyl halides is 2. The number of rotatable bonds is 6. The molecule has 1 fully saturated rings. The molecule has 8 heteroatoms. The molecule has 1 amide bonds. The minimum atomic E-state index is -2.59. The van der Waals surface area contributed by atoms with Gasteiger partial charge in [-0.1, -0.05) is 38.1 Å². The Kier molecular flexibility index (Phi) is 6.95. The number of aromatic nitrogens is 2. The van der Waals surface area contributed by atoms with E-state index < -0.39 is 6.43 Å². The molecule has 0 atom stereocenters. The first-order chi connectivity index (χ1) is 13.9. The number of hydrogen-bond donors (Lipinski definition) is 1. The van der Waals surface area contributed by atoms with Crippen LogP contribution in [-0.2, 0) is 4.74 Å². The fourth-order valence-corrected chi connectivity index (χ4v) is 3.25. The molecule has 1 saturated heterocycles. The van der Waals surface area contributed by atoms with Crippen molar-refractivity contribution in [3.05, 3.63) is 42.1 Å². The smallest absolute Gasteiger partial charge is 0.407 e. The summed E-state index contributed by atoms with van der Waals surface area (Å²) in [5, 5.41) is 2.90. The number of alkyl carbamates (subject to hydrolysis) is 1. The van der Waals surface area contributed by atoms with E-state index in [0.717, 1.165) is 12.8 Å². The third-order valence-corrected chi connectivity index (χ3v) is 4.77. The minimum absolute atomic E-state index is 0.0479. The van der Waals surface area contributed by atoms with Gasteiger partial charge in [-0.2, -0.15) is 0 Å². The first-order valence-electron chi connectivity index (χ1n) is 9.82. The van der Waals surface area contributed by atoms with E-state index in [-0.39, 0.29) is 23.5 Å². The Labute approximate surface area is 169 Å². The SMILES string of the molecule is CC(C)COC(=O)NC1CCN(c2ccnc(-c3ccccc3C(F)F)n2)CC1. The Morgan fingerprint density at radius 1 is 1.24 bits per heavy atom. The van der Waals surface area contributed by atoms with Gasteiger partial charge in [-0.15, -0.1) is 0 Å². The van der Waals surface area contributed by atoms with E-state index >= 15 is 0 Å². The Bertz CT molecular complexity index is 824. The van der Waals surface area contributed by atoms with E-state index in [4.69, 9.17) is 4.74 Å². The van der Waals surface area contributed by atoms with Crippen LogP contribution < -0.4 is 10.2 Å². The highest BCUT2D eigenvalue weighted by molar-refractivity contribution is 5.67. The lowest BCUT2D eigenvalue weighted by atomic mass is 10.1. The summed E-state index contributed by atoms with van der Waals surface area (Å²) in [5.41, 5.74) is 0.265. The van der Waals surface area contributed by atoms with Gasteiger partial charge in [-0.25, -0.2) is 23.5 Å². The third kappa shape index (κ3) is 5.62. The largest absolute Gasteiger partial charge is 0.449 e. The molecule has 0 saturated carbocycles. The summed E-state index contributed by atoms with van der Waals surface area (Å²) < 4.78 is 31.8. The second-order valence-electron chi connectivity index (χ2n) is 7.52. The van der Waals surface area contributed by atoms with Crippen LogP contribution >= 0.6 is 0 Å². The van der Waals surface area contributed by atoms with Crippen molar-refractivity contribution in [2.75, 3.05) is 24.6 Å². The van der Waals surface area contributed by atoms with Crippen LogP contribution in [0.3, 0.4) is 0 Å². The van der Waals surface area contributed by atoms with E-state index in [2.05, 4.69) is 20.2 Å². The fraction of sp³-hybridized carbons (Fsp3) is 0.476. The Hall–Kier alpha value is -2.77. The van der Waals surface area contributed by atoms with Gasteiger partial charge in [0.05, 0.1) is 6.61 Å². The van der Waals surface area contributed by atoms with Gasteiger partial charge in [0.25, 0.3) is 6.43 Å². The molecule has 0 radical (unpaired) electrons. The lowest BCUT2D eigenvalue weighted by molar-refractivity contribution is 0.127. The zero-order chi connectivity index (χ0) is 20.8. The zero-order valence-electron chi connectivity index (χ0n) is 16.6. The molecule has 6 nitrogen and oxygen atoms in total. The topological polar surface area (TPSA) is 67.3 Å². The number of hydrogen-bond acceptors (Lipinski definition) is 5. The minimum Gasteiger partial charge on any atom is -0.449 e. The van der Waals surface area contributed by atoms with E-state index in [1.165, 1.54) is 6.07 Å². The van der Waals surface area contributed by atoms with E-state index in [9.17, 15) is 13.6 Å². The number of carbonyl (C=O) groups excluding carboxylic acids is 1. The predicted octanol–water partition coefficient (Wildman–Crippen LogP) is 4.43. The molecule has 2 aromatic rings. The summed E-state index contributed by atoms with van der Waals surface area (Å²) in [6.07, 6.45) is 0.127. The molecule has 2 heterocycles. The second-order valence-corrected chi connectivity index (χ2v) is 7.52. The van der Waals surface area contributed by atoms with Crippen LogP contribution in [0.5, 0.6) is 0 Å². The van der Waals surface area contributed by atoms with Gasteiger partial charge >= 0.3 is 6.09 Å². The molecular formula is C21H26F2N4O2. The Balaban J connectivity index is 1.62. The molecule has 1 aromatic carbocycles. The number of piperidine rings is 1. The number of carbonyl (C=O) groups is 1. The highest BCUT2D eigenvalue weighted by atomic mass is 19.3. The van der Waals surface area contributed by atoms with Gasteiger partial charge in [-0.05, 0) is 24.8 Å². The van der Waals surface area contributed by atoms with Crippen molar-refractivity contribution in [3.63, 3.8) is 0 Å². The maximum Gasteiger partial charge on any atom is 0.407 e. The average Bonchev–Trinajstić information content (AvgIpc) is 2.73. The lowest BCUT2D eigenvalue weighted by Crippen LogP contribution is -2.45. The summed E-state index contributed by atoms with van der Waals surface area (Å²) in [7, 11) is 0. The number of anilines is 1. The standard InChI is InChI=1S/C21H26F2N4O2/c1-14(2)13-29-21(28)25-15-8-11-27(12-9-15)18-7-10-24-20(26-18)17-6-4-3-5-16(17)19(22)23/h3-7,10,14-15,19H,8-9,11-13H2,1-2H3,(H,25,28). The van der Waals surface area contributed by atoms with Gasteiger partial charge in [0.15, 0.2) is 5.82 Å². The van der Waals surface area contributed by atoms with Crippen molar-refractivity contribution in [2.45, 2.75) is 39.2 Å². The van der Waals surface area contributed by atoms with Crippen LogP contribution in [0.4, 0.5) is 19.4 Å². The van der Waals surface area contributed by atoms with Crippen molar-refractivity contribution in [1.29, 1.82) is 0 Å². The van der Waals surface area contributed by atoms with Crippen LogP contribution in [0.2, 0.25) is 0 Å². The molecule has 1 aliphatic rings. The number of nitrogens with zero attached hydrogens (tertiary/aromatic N) is 3. The molecule has 0 unspecified atom stereocenters. The quantitative estimate of drug-likeness (QED) is 0.771. The van der Waals surface area contributed by atoms with E-state index in [1.807, 2.05) is 13.8 Å². The summed E-state index contributed by atoms with van der Waals surface area (Å²) in [5.74, 6) is 1.28. The van der Waals surface area contributed by atoms with Gasteiger partial charge in [-0.3, -0.25) is 0 Å². The highest BCUT2D eigenvalue weighted by Crippen LogP contribution is 2.30.